The zero-order chi connectivity index (χ0) is 13.0. The molecule has 1 atom stereocenters. The number of aryl methyl sites for hydroxylation is 1. The molecule has 1 aromatic carbocycles. The maximum atomic E-state index is 5.90. The van der Waals surface area contributed by atoms with Crippen molar-refractivity contribution < 1.29 is 0 Å². The Morgan fingerprint density at radius 1 is 1.33 bits per heavy atom. The fraction of sp³-hybridized carbons (Fsp3) is 0.357. The lowest BCUT2D eigenvalue weighted by Gasteiger charge is -2.14. The van der Waals surface area contributed by atoms with Crippen LogP contribution in [0.15, 0.2) is 36.7 Å². The molecule has 0 aliphatic rings. The van der Waals surface area contributed by atoms with Crippen LogP contribution in [0.2, 0.25) is 5.02 Å². The van der Waals surface area contributed by atoms with Crippen LogP contribution in [0.5, 0.6) is 0 Å². The van der Waals surface area contributed by atoms with Gasteiger partial charge in [-0.3, -0.25) is 4.68 Å². The van der Waals surface area contributed by atoms with Crippen LogP contribution in [0.25, 0.3) is 0 Å². The first-order chi connectivity index (χ1) is 8.72. The van der Waals surface area contributed by atoms with Gasteiger partial charge >= 0.3 is 0 Å². The van der Waals surface area contributed by atoms with Crippen molar-refractivity contribution in [1.29, 1.82) is 0 Å². The molecule has 0 aliphatic carbocycles. The fourth-order valence-corrected chi connectivity index (χ4v) is 2.17. The molecule has 0 bridgehead atoms. The summed E-state index contributed by atoms with van der Waals surface area (Å²) < 4.78 is 1.94. The summed E-state index contributed by atoms with van der Waals surface area (Å²) in [7, 11) is 0. The summed E-state index contributed by atoms with van der Waals surface area (Å²) in [5.41, 5.74) is 8.32. The first-order valence-corrected chi connectivity index (χ1v) is 6.57. The van der Waals surface area contributed by atoms with E-state index >= 15 is 0 Å². The molecule has 96 valence electrons. The van der Waals surface area contributed by atoms with Crippen LogP contribution in [-0.4, -0.2) is 16.3 Å². The number of hydrogen-bond donors (Lipinski definition) is 1. The van der Waals surface area contributed by atoms with Gasteiger partial charge in [-0.1, -0.05) is 23.7 Å². The molecule has 0 aliphatic heterocycles. The summed E-state index contributed by atoms with van der Waals surface area (Å²) in [5.74, 6) is 0.316. The van der Waals surface area contributed by atoms with Gasteiger partial charge in [0.1, 0.15) is 0 Å². The van der Waals surface area contributed by atoms with E-state index in [1.165, 1.54) is 11.1 Å². The molecule has 1 heterocycles. The van der Waals surface area contributed by atoms with Crippen LogP contribution in [0.1, 0.15) is 24.0 Å². The largest absolute Gasteiger partial charge is 0.330 e. The molecule has 0 saturated carbocycles. The van der Waals surface area contributed by atoms with E-state index in [0.29, 0.717) is 12.5 Å². The lowest BCUT2D eigenvalue weighted by Crippen LogP contribution is -2.14. The van der Waals surface area contributed by atoms with Crippen molar-refractivity contribution in [2.24, 2.45) is 5.73 Å². The number of nitrogens with two attached hydrogens (primary N) is 1. The Labute approximate surface area is 113 Å². The molecule has 4 heteroatoms. The molecular formula is C14H18ClN3. The van der Waals surface area contributed by atoms with E-state index in [1.54, 1.807) is 0 Å². The minimum absolute atomic E-state index is 0.316. The molecule has 0 amide bonds. The van der Waals surface area contributed by atoms with Crippen LogP contribution in [-0.2, 0) is 13.0 Å². The third kappa shape index (κ3) is 3.12. The summed E-state index contributed by atoms with van der Waals surface area (Å²) in [5, 5.41) is 5.04. The Balaban J connectivity index is 2.11. The van der Waals surface area contributed by atoms with E-state index in [4.69, 9.17) is 17.3 Å². The number of nitrogens with zero attached hydrogens (tertiary/aromatic N) is 2. The van der Waals surface area contributed by atoms with E-state index in [-0.39, 0.29) is 0 Å². The number of hydrogen-bond acceptors (Lipinski definition) is 2. The monoisotopic (exact) mass is 263 g/mol. The number of benzene rings is 1. The van der Waals surface area contributed by atoms with Gasteiger partial charge in [0.2, 0.25) is 0 Å². The Kier molecular flexibility index (Phi) is 4.39. The maximum Gasteiger partial charge on any atom is 0.0521 e. The van der Waals surface area contributed by atoms with Crippen LogP contribution < -0.4 is 5.73 Å². The molecule has 2 N–H and O–H groups in total. The molecule has 1 unspecified atom stereocenters. The first kappa shape index (κ1) is 13.1. The number of rotatable bonds is 5. The van der Waals surface area contributed by atoms with Gasteiger partial charge in [0.25, 0.3) is 0 Å². The molecule has 0 radical (unpaired) electrons. The average molecular weight is 264 g/mol. The van der Waals surface area contributed by atoms with Gasteiger partial charge in [0.15, 0.2) is 0 Å². The van der Waals surface area contributed by atoms with Crippen LogP contribution in [0, 0.1) is 0 Å². The van der Waals surface area contributed by atoms with Crippen LogP contribution >= 0.6 is 11.6 Å². The quantitative estimate of drug-likeness (QED) is 0.902. The first-order valence-electron chi connectivity index (χ1n) is 6.19. The second-order valence-corrected chi connectivity index (χ2v) is 4.83. The van der Waals surface area contributed by atoms with Gasteiger partial charge in [-0.25, -0.2) is 0 Å². The minimum atomic E-state index is 0.316. The molecule has 1 aromatic heterocycles. The molecule has 2 aromatic rings. The molecule has 0 saturated heterocycles. The highest BCUT2D eigenvalue weighted by molar-refractivity contribution is 6.30. The Hall–Kier alpha value is -1.32. The molecule has 3 nitrogen and oxygen atoms in total. The fourth-order valence-electron chi connectivity index (χ4n) is 2.04. The highest BCUT2D eigenvalue weighted by atomic mass is 35.5. The van der Waals surface area contributed by atoms with Gasteiger partial charge in [0.05, 0.1) is 6.20 Å². The van der Waals surface area contributed by atoms with E-state index in [2.05, 4.69) is 18.2 Å². The lowest BCUT2D eigenvalue weighted by atomic mass is 9.93. The molecule has 0 fully saturated rings. The van der Waals surface area contributed by atoms with E-state index in [0.717, 1.165) is 18.0 Å². The number of aromatic nitrogens is 2. The maximum absolute atomic E-state index is 5.90. The summed E-state index contributed by atoms with van der Waals surface area (Å²) in [6, 6.07) is 7.91. The number of halogens is 1. The van der Waals surface area contributed by atoms with E-state index < -0.39 is 0 Å². The van der Waals surface area contributed by atoms with Gasteiger partial charge in [-0.2, -0.15) is 5.10 Å². The zero-order valence-corrected chi connectivity index (χ0v) is 11.3. The van der Waals surface area contributed by atoms with Crippen molar-refractivity contribution in [2.45, 2.75) is 25.8 Å². The predicted octanol–water partition coefficient (Wildman–Crippen LogP) is 2.84. The van der Waals surface area contributed by atoms with Gasteiger partial charge in [-0.15, -0.1) is 0 Å². The van der Waals surface area contributed by atoms with Crippen molar-refractivity contribution in [3.05, 3.63) is 52.8 Å². The Morgan fingerprint density at radius 2 is 2.06 bits per heavy atom. The van der Waals surface area contributed by atoms with Gasteiger partial charge in [0, 0.05) is 23.7 Å². The molecule has 0 spiro atoms. The van der Waals surface area contributed by atoms with Crippen molar-refractivity contribution in [2.75, 3.05) is 6.54 Å². The van der Waals surface area contributed by atoms with Crippen molar-refractivity contribution >= 4 is 11.6 Å². The predicted molar refractivity (Wildman–Crippen MR) is 74.9 cm³/mol. The second-order valence-electron chi connectivity index (χ2n) is 4.39. The highest BCUT2D eigenvalue weighted by Gasteiger charge is 2.11. The van der Waals surface area contributed by atoms with E-state index in [1.807, 2.05) is 35.1 Å². The van der Waals surface area contributed by atoms with Crippen LogP contribution in [0.4, 0.5) is 0 Å². The third-order valence-electron chi connectivity index (χ3n) is 3.12. The van der Waals surface area contributed by atoms with Crippen molar-refractivity contribution in [3.8, 4) is 0 Å². The highest BCUT2D eigenvalue weighted by Crippen LogP contribution is 2.21. The Bertz CT molecular complexity index is 490. The summed E-state index contributed by atoms with van der Waals surface area (Å²) in [6.45, 7) is 3.60. The average Bonchev–Trinajstić information content (AvgIpc) is 2.85. The van der Waals surface area contributed by atoms with Crippen molar-refractivity contribution in [3.63, 3.8) is 0 Å². The SMILES string of the molecule is CCn1cc(CC(CN)c2ccc(Cl)cc2)cn1. The van der Waals surface area contributed by atoms with Gasteiger partial charge < -0.3 is 5.73 Å². The molecular weight excluding hydrogens is 246 g/mol. The normalized spacial score (nSPS) is 12.6. The summed E-state index contributed by atoms with van der Waals surface area (Å²) >= 11 is 5.90. The lowest BCUT2D eigenvalue weighted by molar-refractivity contribution is 0.656. The topological polar surface area (TPSA) is 43.8 Å². The molecule has 18 heavy (non-hydrogen) atoms. The smallest absolute Gasteiger partial charge is 0.0521 e. The summed E-state index contributed by atoms with van der Waals surface area (Å²) in [4.78, 5) is 0. The third-order valence-corrected chi connectivity index (χ3v) is 3.37. The Morgan fingerprint density at radius 3 is 2.61 bits per heavy atom. The van der Waals surface area contributed by atoms with Gasteiger partial charge in [-0.05, 0) is 43.1 Å². The van der Waals surface area contributed by atoms with Crippen molar-refractivity contribution in [1.82, 2.24) is 9.78 Å². The summed E-state index contributed by atoms with van der Waals surface area (Å²) in [6.07, 6.45) is 4.92. The second kappa shape index (κ2) is 6.03. The minimum Gasteiger partial charge on any atom is -0.330 e. The zero-order valence-electron chi connectivity index (χ0n) is 10.5. The standard InChI is InChI=1S/C14H18ClN3/c1-2-18-10-11(9-17-18)7-13(8-16)12-3-5-14(15)6-4-12/h3-6,9-10,13H,2,7-8,16H2,1H3. The van der Waals surface area contributed by atoms with Crippen LogP contribution in [0.3, 0.4) is 0 Å². The van der Waals surface area contributed by atoms with E-state index in [9.17, 15) is 0 Å². The molecule has 2 rings (SSSR count).